The molecule has 0 aliphatic carbocycles. The van der Waals surface area contributed by atoms with Crippen LogP contribution in [-0.4, -0.2) is 33.9 Å². The van der Waals surface area contributed by atoms with Crippen LogP contribution in [0.25, 0.3) is 16.9 Å². The summed E-state index contributed by atoms with van der Waals surface area (Å²) in [5.41, 5.74) is 2.34. The number of aromatic nitrogens is 2. The van der Waals surface area contributed by atoms with Crippen molar-refractivity contribution in [1.29, 1.82) is 0 Å². The van der Waals surface area contributed by atoms with E-state index in [0.717, 1.165) is 11.3 Å². The Morgan fingerprint density at radius 2 is 1.78 bits per heavy atom. The van der Waals surface area contributed by atoms with Gasteiger partial charge in [-0.05, 0) is 24.3 Å². The first-order valence-electron chi connectivity index (χ1n) is 8.38. The lowest BCUT2D eigenvalue weighted by molar-refractivity contribution is -0.138. The van der Waals surface area contributed by atoms with Crippen LogP contribution in [0, 0.1) is 0 Å². The van der Waals surface area contributed by atoms with Crippen molar-refractivity contribution in [3.8, 4) is 22.7 Å². The molecular formula is C20H19N3O4. The van der Waals surface area contributed by atoms with Crippen LogP contribution in [0.1, 0.15) is 12.8 Å². The summed E-state index contributed by atoms with van der Waals surface area (Å²) in [4.78, 5) is 22.8. The van der Waals surface area contributed by atoms with E-state index in [1.807, 2.05) is 42.5 Å². The lowest BCUT2D eigenvalue weighted by Crippen LogP contribution is -2.16. The molecule has 0 bridgehead atoms. The summed E-state index contributed by atoms with van der Waals surface area (Å²) in [5.74, 6) is -0.221. The molecule has 2 aromatic carbocycles. The number of anilines is 1. The first kappa shape index (κ1) is 18.2. The number of nitrogens with one attached hydrogen (secondary N) is 1. The van der Waals surface area contributed by atoms with Crippen molar-refractivity contribution in [2.45, 2.75) is 12.8 Å². The molecule has 0 aliphatic rings. The molecule has 2 N–H and O–H groups in total. The lowest BCUT2D eigenvalue weighted by atomic mass is 10.1. The van der Waals surface area contributed by atoms with Gasteiger partial charge in [0.25, 0.3) is 0 Å². The molecule has 1 amide bonds. The Bertz CT molecular complexity index is 934. The second-order valence-electron chi connectivity index (χ2n) is 5.83. The highest BCUT2D eigenvalue weighted by molar-refractivity contribution is 5.92. The SMILES string of the molecule is COc1ccc(-n2nc(-c3ccccc3)cc2NC(=O)CCC(=O)O)cc1. The van der Waals surface area contributed by atoms with E-state index in [9.17, 15) is 9.59 Å². The largest absolute Gasteiger partial charge is 0.497 e. The fourth-order valence-corrected chi connectivity index (χ4v) is 2.57. The van der Waals surface area contributed by atoms with E-state index in [2.05, 4.69) is 10.4 Å². The van der Waals surface area contributed by atoms with Crippen molar-refractivity contribution in [3.05, 3.63) is 60.7 Å². The number of carbonyl (C=O) groups excluding carboxylic acids is 1. The zero-order chi connectivity index (χ0) is 19.2. The molecule has 0 fully saturated rings. The van der Waals surface area contributed by atoms with E-state index in [1.165, 1.54) is 0 Å². The Hall–Kier alpha value is -3.61. The van der Waals surface area contributed by atoms with Gasteiger partial charge in [-0.3, -0.25) is 9.59 Å². The number of ether oxygens (including phenoxy) is 1. The Kier molecular flexibility index (Phi) is 5.51. The minimum absolute atomic E-state index is 0.107. The fourth-order valence-electron chi connectivity index (χ4n) is 2.57. The molecular weight excluding hydrogens is 346 g/mol. The number of carboxylic acid groups (broad SMARTS) is 1. The Labute approximate surface area is 156 Å². The molecule has 0 spiro atoms. The van der Waals surface area contributed by atoms with Crippen molar-refractivity contribution < 1.29 is 19.4 Å². The molecule has 138 valence electrons. The van der Waals surface area contributed by atoms with E-state index >= 15 is 0 Å². The predicted molar refractivity (Wildman–Crippen MR) is 101 cm³/mol. The molecule has 7 heteroatoms. The van der Waals surface area contributed by atoms with Crippen molar-refractivity contribution in [2.24, 2.45) is 0 Å². The van der Waals surface area contributed by atoms with Crippen molar-refractivity contribution >= 4 is 17.7 Å². The van der Waals surface area contributed by atoms with Crippen LogP contribution in [0.15, 0.2) is 60.7 Å². The van der Waals surface area contributed by atoms with Gasteiger partial charge in [-0.2, -0.15) is 5.10 Å². The zero-order valence-corrected chi connectivity index (χ0v) is 14.8. The molecule has 0 aliphatic heterocycles. The number of hydrogen-bond donors (Lipinski definition) is 2. The Morgan fingerprint density at radius 3 is 2.41 bits per heavy atom. The first-order chi connectivity index (χ1) is 13.1. The smallest absolute Gasteiger partial charge is 0.303 e. The number of rotatable bonds is 7. The summed E-state index contributed by atoms with van der Waals surface area (Å²) in [5, 5.41) is 16.1. The van der Waals surface area contributed by atoms with Crippen LogP contribution in [-0.2, 0) is 9.59 Å². The maximum atomic E-state index is 12.1. The number of carboxylic acids is 1. The third-order valence-electron chi connectivity index (χ3n) is 3.93. The summed E-state index contributed by atoms with van der Waals surface area (Å²) in [6, 6.07) is 18.6. The number of nitrogens with zero attached hydrogens (tertiary/aromatic N) is 2. The first-order valence-corrected chi connectivity index (χ1v) is 8.38. The molecule has 1 heterocycles. The molecule has 1 aromatic heterocycles. The fraction of sp³-hybridized carbons (Fsp3) is 0.150. The summed E-state index contributed by atoms with van der Waals surface area (Å²) in [6.07, 6.45) is -0.335. The van der Waals surface area contributed by atoms with Gasteiger partial charge in [-0.15, -0.1) is 0 Å². The van der Waals surface area contributed by atoms with Crippen LogP contribution in [0.5, 0.6) is 5.75 Å². The minimum Gasteiger partial charge on any atom is -0.497 e. The van der Waals surface area contributed by atoms with E-state index < -0.39 is 5.97 Å². The summed E-state index contributed by atoms with van der Waals surface area (Å²) in [6.45, 7) is 0. The number of benzene rings is 2. The monoisotopic (exact) mass is 365 g/mol. The van der Waals surface area contributed by atoms with Crippen LogP contribution in [0.2, 0.25) is 0 Å². The van der Waals surface area contributed by atoms with Gasteiger partial charge in [0.05, 0.1) is 24.9 Å². The predicted octanol–water partition coefficient (Wildman–Crippen LogP) is 3.35. The standard InChI is InChI=1S/C20H19N3O4/c1-27-16-9-7-15(8-10-16)23-18(21-19(24)11-12-20(25)26)13-17(22-23)14-5-3-2-4-6-14/h2-10,13H,11-12H2,1H3,(H,21,24)(H,25,26). The summed E-state index contributed by atoms with van der Waals surface area (Å²) in [7, 11) is 1.59. The highest BCUT2D eigenvalue weighted by Gasteiger charge is 2.14. The van der Waals surface area contributed by atoms with E-state index in [0.29, 0.717) is 17.3 Å². The average Bonchev–Trinajstić information content (AvgIpc) is 3.11. The molecule has 3 aromatic rings. The maximum absolute atomic E-state index is 12.1. The van der Waals surface area contributed by atoms with Crippen molar-refractivity contribution in [3.63, 3.8) is 0 Å². The van der Waals surface area contributed by atoms with Gasteiger partial charge in [0.1, 0.15) is 11.6 Å². The molecule has 0 atom stereocenters. The van der Waals surface area contributed by atoms with E-state index in [-0.39, 0.29) is 18.7 Å². The van der Waals surface area contributed by atoms with Crippen LogP contribution < -0.4 is 10.1 Å². The number of carbonyl (C=O) groups is 2. The van der Waals surface area contributed by atoms with Gasteiger partial charge >= 0.3 is 5.97 Å². The lowest BCUT2D eigenvalue weighted by Gasteiger charge is -2.09. The highest BCUT2D eigenvalue weighted by Crippen LogP contribution is 2.25. The maximum Gasteiger partial charge on any atom is 0.303 e. The second kappa shape index (κ2) is 8.18. The third kappa shape index (κ3) is 4.52. The molecule has 7 nitrogen and oxygen atoms in total. The Morgan fingerprint density at radius 1 is 1.07 bits per heavy atom. The number of aliphatic carboxylic acids is 1. The molecule has 0 radical (unpaired) electrons. The van der Waals surface area contributed by atoms with E-state index in [1.54, 1.807) is 30.0 Å². The molecule has 3 rings (SSSR count). The number of hydrogen-bond acceptors (Lipinski definition) is 4. The van der Waals surface area contributed by atoms with Crippen LogP contribution in [0.4, 0.5) is 5.82 Å². The van der Waals surface area contributed by atoms with E-state index in [4.69, 9.17) is 9.84 Å². The van der Waals surface area contributed by atoms with Crippen LogP contribution >= 0.6 is 0 Å². The average molecular weight is 365 g/mol. The highest BCUT2D eigenvalue weighted by atomic mass is 16.5. The van der Waals surface area contributed by atoms with Gasteiger partial charge in [0.2, 0.25) is 5.91 Å². The van der Waals surface area contributed by atoms with Crippen LogP contribution in [0.3, 0.4) is 0 Å². The molecule has 0 saturated carbocycles. The molecule has 0 unspecified atom stereocenters. The molecule has 0 saturated heterocycles. The third-order valence-corrected chi connectivity index (χ3v) is 3.93. The van der Waals surface area contributed by atoms with Crippen molar-refractivity contribution in [2.75, 3.05) is 12.4 Å². The summed E-state index contributed by atoms with van der Waals surface area (Å²) < 4.78 is 6.79. The quantitative estimate of drug-likeness (QED) is 0.670. The van der Waals surface area contributed by atoms with Gasteiger partial charge in [0, 0.05) is 18.1 Å². The second-order valence-corrected chi connectivity index (χ2v) is 5.83. The minimum atomic E-state index is -1.02. The van der Waals surface area contributed by atoms with Crippen molar-refractivity contribution in [1.82, 2.24) is 9.78 Å². The summed E-state index contributed by atoms with van der Waals surface area (Å²) >= 11 is 0. The number of amides is 1. The number of methoxy groups -OCH3 is 1. The van der Waals surface area contributed by atoms with Gasteiger partial charge in [-0.25, -0.2) is 4.68 Å². The van der Waals surface area contributed by atoms with Gasteiger partial charge < -0.3 is 15.2 Å². The van der Waals surface area contributed by atoms with Gasteiger partial charge in [-0.1, -0.05) is 30.3 Å². The normalized spacial score (nSPS) is 10.4. The van der Waals surface area contributed by atoms with Gasteiger partial charge in [0.15, 0.2) is 0 Å². The molecule has 27 heavy (non-hydrogen) atoms. The Balaban J connectivity index is 1.94. The zero-order valence-electron chi connectivity index (χ0n) is 14.8. The topological polar surface area (TPSA) is 93.5 Å².